The van der Waals surface area contributed by atoms with Gasteiger partial charge in [0, 0.05) is 0 Å². The number of methoxy groups -OCH3 is 2. The number of H-pyrrole nitrogens is 1. The van der Waals surface area contributed by atoms with Crippen molar-refractivity contribution in [2.45, 2.75) is 6.92 Å². The number of ether oxygens (including phenoxy) is 2. The zero-order chi connectivity index (χ0) is 18.8. The predicted octanol–water partition coefficient (Wildman–Crippen LogP) is 3.69. The lowest BCUT2D eigenvalue weighted by atomic mass is 10.1. The molecule has 0 spiro atoms. The number of rotatable bonds is 4. The molecule has 0 saturated heterocycles. The lowest BCUT2D eigenvalue weighted by Gasteiger charge is -2.10. The third-order valence-corrected chi connectivity index (χ3v) is 4.25. The minimum atomic E-state index is -0.263. The first-order chi connectivity index (χ1) is 12.4. The van der Waals surface area contributed by atoms with Gasteiger partial charge in [-0.2, -0.15) is 0 Å². The predicted molar refractivity (Wildman–Crippen MR) is 102 cm³/mol. The maximum atomic E-state index is 12.3. The van der Waals surface area contributed by atoms with Crippen molar-refractivity contribution in [2.75, 3.05) is 14.2 Å². The van der Waals surface area contributed by atoms with E-state index in [-0.39, 0.29) is 33.7 Å². The second-order valence-electron chi connectivity index (χ2n) is 5.65. The molecule has 3 aromatic rings. The van der Waals surface area contributed by atoms with Crippen LogP contribution in [0.4, 0.5) is 0 Å². The number of phenolic OH excluding ortho intramolecular Hbond substituents is 1. The van der Waals surface area contributed by atoms with Crippen LogP contribution in [0.2, 0.25) is 0 Å². The molecule has 134 valence electrons. The van der Waals surface area contributed by atoms with E-state index in [0.717, 1.165) is 5.56 Å². The molecule has 0 aliphatic rings. The van der Waals surface area contributed by atoms with Crippen molar-refractivity contribution in [1.82, 2.24) is 9.97 Å². The highest BCUT2D eigenvalue weighted by molar-refractivity contribution is 6.50. The van der Waals surface area contributed by atoms with E-state index < -0.39 is 0 Å². The maximum absolute atomic E-state index is 12.3. The normalized spacial score (nSPS) is 11.6. The molecule has 0 bridgehead atoms. The molecule has 0 saturated carbocycles. The van der Waals surface area contributed by atoms with Crippen LogP contribution in [0.3, 0.4) is 0 Å². The molecule has 0 fully saturated rings. The molecule has 0 amide bonds. The lowest BCUT2D eigenvalue weighted by Crippen LogP contribution is -2.11. The molecule has 7 heteroatoms. The number of phenols is 1. The van der Waals surface area contributed by atoms with Crippen LogP contribution in [0, 0.1) is 6.92 Å². The van der Waals surface area contributed by atoms with Crippen molar-refractivity contribution >= 4 is 33.6 Å². The number of aromatic nitrogens is 2. The average molecular weight is 373 g/mol. The van der Waals surface area contributed by atoms with Gasteiger partial charge in [-0.15, -0.1) is 0 Å². The molecule has 0 aliphatic heterocycles. The first-order valence-corrected chi connectivity index (χ1v) is 8.14. The Morgan fingerprint density at radius 3 is 2.50 bits per heavy atom. The lowest BCUT2D eigenvalue weighted by molar-refractivity contribution is 0.340. The molecule has 1 heterocycles. The standard InChI is InChI=1S/C19H17ClN2O4/c1-10-5-4-6-12-16(10)21-18(22-19(12)24)13(20)7-11-8-14(25-2)17(23)15(9-11)26-3/h4-9,23H,1-3H3,(H,21,22,24)/b13-7-. The van der Waals surface area contributed by atoms with Crippen LogP contribution >= 0.6 is 11.6 Å². The Labute approximate surface area is 154 Å². The molecule has 2 N–H and O–H groups in total. The van der Waals surface area contributed by atoms with Gasteiger partial charge < -0.3 is 19.6 Å². The van der Waals surface area contributed by atoms with E-state index in [2.05, 4.69) is 9.97 Å². The Hall–Kier alpha value is -2.99. The maximum Gasteiger partial charge on any atom is 0.259 e. The Balaban J connectivity index is 2.12. The summed E-state index contributed by atoms with van der Waals surface area (Å²) in [5.74, 6) is 0.646. The van der Waals surface area contributed by atoms with Crippen molar-refractivity contribution in [3.05, 3.63) is 57.6 Å². The number of hydrogen-bond donors (Lipinski definition) is 2. The fourth-order valence-corrected chi connectivity index (χ4v) is 2.85. The minimum Gasteiger partial charge on any atom is -0.502 e. The topological polar surface area (TPSA) is 84.4 Å². The molecule has 1 aromatic heterocycles. The Kier molecular flexibility index (Phi) is 4.86. The van der Waals surface area contributed by atoms with Gasteiger partial charge in [-0.3, -0.25) is 4.79 Å². The molecular formula is C19H17ClN2O4. The van der Waals surface area contributed by atoms with Crippen LogP contribution < -0.4 is 15.0 Å². The molecule has 6 nitrogen and oxygen atoms in total. The summed E-state index contributed by atoms with van der Waals surface area (Å²) in [7, 11) is 2.88. The van der Waals surface area contributed by atoms with Crippen molar-refractivity contribution in [1.29, 1.82) is 0 Å². The number of halogens is 1. The SMILES string of the molecule is COc1cc(/C=C(\Cl)c2nc3c(C)cccc3c(=O)[nH]2)cc(OC)c1O. The minimum absolute atomic E-state index is 0.101. The van der Waals surface area contributed by atoms with Crippen LogP contribution in [0.15, 0.2) is 35.1 Å². The van der Waals surface area contributed by atoms with Gasteiger partial charge in [-0.25, -0.2) is 4.98 Å². The number of benzene rings is 2. The summed E-state index contributed by atoms with van der Waals surface area (Å²) in [6.45, 7) is 1.88. The van der Waals surface area contributed by atoms with E-state index in [1.807, 2.05) is 13.0 Å². The van der Waals surface area contributed by atoms with E-state index in [1.165, 1.54) is 14.2 Å². The van der Waals surface area contributed by atoms with Gasteiger partial charge in [0.05, 0.1) is 30.2 Å². The third kappa shape index (κ3) is 3.23. The van der Waals surface area contributed by atoms with Crippen molar-refractivity contribution in [3.63, 3.8) is 0 Å². The van der Waals surface area contributed by atoms with E-state index in [9.17, 15) is 9.90 Å². The van der Waals surface area contributed by atoms with Crippen molar-refractivity contribution in [3.8, 4) is 17.2 Å². The second-order valence-corrected chi connectivity index (χ2v) is 6.06. The zero-order valence-corrected chi connectivity index (χ0v) is 15.2. The van der Waals surface area contributed by atoms with Gasteiger partial charge in [0.25, 0.3) is 5.56 Å². The second kappa shape index (κ2) is 7.09. The molecule has 0 unspecified atom stereocenters. The Morgan fingerprint density at radius 1 is 1.23 bits per heavy atom. The Bertz CT molecular complexity index is 1050. The number of nitrogens with one attached hydrogen (secondary N) is 1. The summed E-state index contributed by atoms with van der Waals surface area (Å²) in [4.78, 5) is 19.5. The van der Waals surface area contributed by atoms with Crippen LogP contribution in [0.5, 0.6) is 17.2 Å². The number of hydrogen-bond acceptors (Lipinski definition) is 5. The number of aromatic amines is 1. The fourth-order valence-electron chi connectivity index (χ4n) is 2.63. The molecule has 2 aromatic carbocycles. The molecular weight excluding hydrogens is 356 g/mol. The van der Waals surface area contributed by atoms with Gasteiger partial charge in [-0.05, 0) is 42.3 Å². The highest BCUT2D eigenvalue weighted by Gasteiger charge is 2.12. The van der Waals surface area contributed by atoms with Crippen molar-refractivity contribution in [2.24, 2.45) is 0 Å². The molecule has 26 heavy (non-hydrogen) atoms. The van der Waals surface area contributed by atoms with E-state index in [0.29, 0.717) is 16.5 Å². The monoisotopic (exact) mass is 372 g/mol. The smallest absolute Gasteiger partial charge is 0.259 e. The highest BCUT2D eigenvalue weighted by atomic mass is 35.5. The van der Waals surface area contributed by atoms with Gasteiger partial charge in [0.1, 0.15) is 0 Å². The van der Waals surface area contributed by atoms with E-state index >= 15 is 0 Å². The van der Waals surface area contributed by atoms with Gasteiger partial charge in [0.15, 0.2) is 17.3 Å². The Morgan fingerprint density at radius 2 is 1.88 bits per heavy atom. The molecule has 0 atom stereocenters. The van der Waals surface area contributed by atoms with Crippen LogP contribution in [0.25, 0.3) is 22.0 Å². The summed E-state index contributed by atoms with van der Waals surface area (Å²) < 4.78 is 10.3. The number of nitrogens with zero attached hydrogens (tertiary/aromatic N) is 1. The number of fused-ring (bicyclic) bond motifs is 1. The summed E-state index contributed by atoms with van der Waals surface area (Å²) in [5.41, 5.74) is 1.83. The average Bonchev–Trinajstić information content (AvgIpc) is 2.63. The number of aromatic hydroxyl groups is 1. The summed E-state index contributed by atoms with van der Waals surface area (Å²) >= 11 is 6.38. The van der Waals surface area contributed by atoms with Gasteiger partial charge in [0.2, 0.25) is 5.75 Å². The quantitative estimate of drug-likeness (QED) is 0.729. The first-order valence-electron chi connectivity index (χ1n) is 7.76. The van der Waals surface area contributed by atoms with E-state index in [1.54, 1.807) is 30.3 Å². The molecule has 0 radical (unpaired) electrons. The van der Waals surface area contributed by atoms with Gasteiger partial charge in [-0.1, -0.05) is 23.7 Å². The van der Waals surface area contributed by atoms with Crippen LogP contribution in [-0.2, 0) is 0 Å². The summed E-state index contributed by atoms with van der Waals surface area (Å²) in [6, 6.07) is 8.60. The van der Waals surface area contributed by atoms with Gasteiger partial charge >= 0.3 is 0 Å². The molecule has 0 aliphatic carbocycles. The zero-order valence-electron chi connectivity index (χ0n) is 14.5. The fraction of sp³-hybridized carbons (Fsp3) is 0.158. The van der Waals surface area contributed by atoms with E-state index in [4.69, 9.17) is 21.1 Å². The molecule has 3 rings (SSSR count). The van der Waals surface area contributed by atoms with Crippen molar-refractivity contribution < 1.29 is 14.6 Å². The first kappa shape index (κ1) is 17.8. The number of para-hydroxylation sites is 1. The number of aryl methyl sites for hydroxylation is 1. The largest absolute Gasteiger partial charge is 0.502 e. The summed E-state index contributed by atoms with van der Waals surface area (Å²) in [6.07, 6.45) is 1.61. The van der Waals surface area contributed by atoms with Crippen LogP contribution in [-0.4, -0.2) is 29.3 Å². The van der Waals surface area contributed by atoms with Crippen LogP contribution in [0.1, 0.15) is 17.0 Å². The summed E-state index contributed by atoms with van der Waals surface area (Å²) in [5, 5.41) is 10.7. The highest BCUT2D eigenvalue weighted by Crippen LogP contribution is 2.38. The third-order valence-electron chi connectivity index (χ3n) is 3.96.